The van der Waals surface area contributed by atoms with Crippen LogP contribution >= 0.6 is 23.2 Å². The molecule has 2 aliphatic heterocycles. The number of likely N-dealkylation sites (tertiary alicyclic amines) is 2. The van der Waals surface area contributed by atoms with Crippen molar-refractivity contribution in [2.24, 2.45) is 0 Å². The summed E-state index contributed by atoms with van der Waals surface area (Å²) in [5.41, 5.74) is 2.08. The summed E-state index contributed by atoms with van der Waals surface area (Å²) < 4.78 is 0. The molecule has 2 heterocycles. The minimum atomic E-state index is 0.322. The number of carbonyl (C=O) groups is 1. The van der Waals surface area contributed by atoms with Crippen LogP contribution in [0.15, 0.2) is 12.1 Å². The highest BCUT2D eigenvalue weighted by atomic mass is 35.5. The molecule has 0 saturated carbocycles. The first-order chi connectivity index (χ1) is 10.6. The third-order valence-electron chi connectivity index (χ3n) is 4.78. The van der Waals surface area contributed by atoms with Crippen LogP contribution < -0.4 is 0 Å². The van der Waals surface area contributed by atoms with Gasteiger partial charge in [0, 0.05) is 32.1 Å². The molecule has 0 aliphatic carbocycles. The van der Waals surface area contributed by atoms with E-state index in [4.69, 9.17) is 23.2 Å². The number of aryl methyl sites for hydroxylation is 1. The molecule has 1 aromatic rings. The average Bonchev–Trinajstić information content (AvgIpc) is 2.94. The Labute approximate surface area is 142 Å². The van der Waals surface area contributed by atoms with Gasteiger partial charge in [-0.05, 0) is 43.9 Å². The number of halogens is 2. The first-order valence-electron chi connectivity index (χ1n) is 8.01. The minimum absolute atomic E-state index is 0.322. The third-order valence-corrected chi connectivity index (χ3v) is 5.80. The van der Waals surface area contributed by atoms with Gasteiger partial charge in [0.25, 0.3) is 0 Å². The maximum Gasteiger partial charge on any atom is 0.222 e. The van der Waals surface area contributed by atoms with Crippen LogP contribution in [0.3, 0.4) is 0 Å². The van der Waals surface area contributed by atoms with E-state index in [0.29, 0.717) is 22.0 Å². The molecular formula is C17H22Cl2N2O. The largest absolute Gasteiger partial charge is 0.338 e. The molecule has 1 atom stereocenters. The number of amides is 1. The van der Waals surface area contributed by atoms with Gasteiger partial charge in [-0.25, -0.2) is 0 Å². The standard InChI is InChI=1S/C17H22Cl2N2O/c1-12-6-7-13(17(19)16(12)18)10-20-8-2-4-14(11-20)21-9-3-5-15(21)22/h6-7,14H,2-5,8-11H2,1H3/t14-/m0/s1. The fraction of sp³-hybridized carbons (Fsp3) is 0.588. The maximum absolute atomic E-state index is 11.9. The highest BCUT2D eigenvalue weighted by Gasteiger charge is 2.31. The molecule has 22 heavy (non-hydrogen) atoms. The first-order valence-corrected chi connectivity index (χ1v) is 8.77. The van der Waals surface area contributed by atoms with E-state index in [2.05, 4.69) is 15.9 Å². The molecule has 0 aromatic heterocycles. The lowest BCUT2D eigenvalue weighted by molar-refractivity contribution is -0.130. The lowest BCUT2D eigenvalue weighted by Gasteiger charge is -2.37. The fourth-order valence-electron chi connectivity index (χ4n) is 3.53. The van der Waals surface area contributed by atoms with Crippen molar-refractivity contribution < 1.29 is 4.79 Å². The molecule has 0 unspecified atom stereocenters. The summed E-state index contributed by atoms with van der Waals surface area (Å²) in [7, 11) is 0. The molecular weight excluding hydrogens is 319 g/mol. The van der Waals surface area contributed by atoms with E-state index >= 15 is 0 Å². The molecule has 0 radical (unpaired) electrons. The van der Waals surface area contributed by atoms with E-state index in [-0.39, 0.29) is 0 Å². The van der Waals surface area contributed by atoms with Crippen molar-refractivity contribution in [2.75, 3.05) is 19.6 Å². The van der Waals surface area contributed by atoms with E-state index in [0.717, 1.165) is 63.0 Å². The Balaban J connectivity index is 1.68. The van der Waals surface area contributed by atoms with Crippen molar-refractivity contribution in [3.63, 3.8) is 0 Å². The summed E-state index contributed by atoms with van der Waals surface area (Å²) in [4.78, 5) is 16.4. The van der Waals surface area contributed by atoms with Gasteiger partial charge >= 0.3 is 0 Å². The number of piperidine rings is 1. The molecule has 0 N–H and O–H groups in total. The van der Waals surface area contributed by atoms with Crippen molar-refractivity contribution in [2.45, 2.75) is 45.2 Å². The molecule has 120 valence electrons. The van der Waals surface area contributed by atoms with Crippen LogP contribution in [0, 0.1) is 6.92 Å². The van der Waals surface area contributed by atoms with Gasteiger partial charge in [-0.3, -0.25) is 9.69 Å². The molecule has 0 bridgehead atoms. The number of nitrogens with zero attached hydrogens (tertiary/aromatic N) is 2. The monoisotopic (exact) mass is 340 g/mol. The van der Waals surface area contributed by atoms with Gasteiger partial charge in [0.05, 0.1) is 10.0 Å². The molecule has 0 spiro atoms. The van der Waals surface area contributed by atoms with Gasteiger partial charge in [-0.15, -0.1) is 0 Å². The van der Waals surface area contributed by atoms with Crippen molar-refractivity contribution in [3.05, 3.63) is 33.3 Å². The molecule has 1 amide bonds. The number of carbonyl (C=O) groups excluding carboxylic acids is 1. The van der Waals surface area contributed by atoms with Gasteiger partial charge in [0.15, 0.2) is 0 Å². The molecule has 2 saturated heterocycles. The van der Waals surface area contributed by atoms with Crippen molar-refractivity contribution >= 4 is 29.1 Å². The Kier molecular flexibility index (Phi) is 4.96. The summed E-state index contributed by atoms with van der Waals surface area (Å²) >= 11 is 12.6. The molecule has 1 aromatic carbocycles. The molecule has 2 fully saturated rings. The van der Waals surface area contributed by atoms with Crippen LogP contribution in [0.2, 0.25) is 10.0 Å². The predicted octanol–water partition coefficient (Wildman–Crippen LogP) is 3.89. The Hall–Kier alpha value is -0.770. The summed E-state index contributed by atoms with van der Waals surface area (Å²) in [6.45, 7) is 5.69. The van der Waals surface area contributed by atoms with Crippen LogP contribution in [0.1, 0.15) is 36.8 Å². The van der Waals surface area contributed by atoms with E-state index < -0.39 is 0 Å². The number of hydrogen-bond donors (Lipinski definition) is 0. The van der Waals surface area contributed by atoms with Gasteiger partial charge < -0.3 is 4.90 Å². The number of hydrogen-bond acceptors (Lipinski definition) is 2. The number of rotatable bonds is 3. The second kappa shape index (κ2) is 6.77. The van der Waals surface area contributed by atoms with Crippen LogP contribution in [0.5, 0.6) is 0 Å². The summed E-state index contributed by atoms with van der Waals surface area (Å²) in [6, 6.07) is 4.45. The Bertz CT molecular complexity index is 576. The minimum Gasteiger partial charge on any atom is -0.338 e. The second-order valence-electron chi connectivity index (χ2n) is 6.39. The average molecular weight is 341 g/mol. The zero-order valence-corrected chi connectivity index (χ0v) is 14.5. The van der Waals surface area contributed by atoms with E-state index in [1.54, 1.807) is 0 Å². The topological polar surface area (TPSA) is 23.6 Å². The Morgan fingerprint density at radius 1 is 1.18 bits per heavy atom. The smallest absolute Gasteiger partial charge is 0.222 e. The predicted molar refractivity (Wildman–Crippen MR) is 90.4 cm³/mol. The third kappa shape index (κ3) is 3.27. The maximum atomic E-state index is 11.9. The van der Waals surface area contributed by atoms with E-state index in [9.17, 15) is 4.79 Å². The zero-order chi connectivity index (χ0) is 15.7. The normalized spacial score (nSPS) is 23.3. The lowest BCUT2D eigenvalue weighted by atomic mass is 10.0. The highest BCUT2D eigenvalue weighted by molar-refractivity contribution is 6.42. The van der Waals surface area contributed by atoms with Gasteiger partial charge in [0.1, 0.15) is 0 Å². The van der Waals surface area contributed by atoms with Gasteiger partial charge in [0.2, 0.25) is 5.91 Å². The van der Waals surface area contributed by atoms with Crippen LogP contribution in [-0.4, -0.2) is 41.4 Å². The van der Waals surface area contributed by atoms with Gasteiger partial charge in [-0.1, -0.05) is 35.3 Å². The highest BCUT2D eigenvalue weighted by Crippen LogP contribution is 2.31. The van der Waals surface area contributed by atoms with E-state index in [1.165, 1.54) is 0 Å². The van der Waals surface area contributed by atoms with Crippen LogP contribution in [-0.2, 0) is 11.3 Å². The molecule has 3 rings (SSSR count). The zero-order valence-electron chi connectivity index (χ0n) is 12.9. The molecule has 3 nitrogen and oxygen atoms in total. The lowest BCUT2D eigenvalue weighted by Crippen LogP contribution is -2.48. The van der Waals surface area contributed by atoms with Crippen molar-refractivity contribution in [1.29, 1.82) is 0 Å². The van der Waals surface area contributed by atoms with Crippen molar-refractivity contribution in [1.82, 2.24) is 9.80 Å². The quantitative estimate of drug-likeness (QED) is 0.833. The Morgan fingerprint density at radius 3 is 2.73 bits per heavy atom. The number of benzene rings is 1. The SMILES string of the molecule is Cc1ccc(CN2CCC[C@H](N3CCCC3=O)C2)c(Cl)c1Cl. The summed E-state index contributed by atoms with van der Waals surface area (Å²) in [5.74, 6) is 0.322. The summed E-state index contributed by atoms with van der Waals surface area (Å²) in [6.07, 6.45) is 3.97. The van der Waals surface area contributed by atoms with E-state index in [1.807, 2.05) is 13.0 Å². The van der Waals surface area contributed by atoms with Gasteiger partial charge in [-0.2, -0.15) is 0 Å². The second-order valence-corrected chi connectivity index (χ2v) is 7.15. The Morgan fingerprint density at radius 2 is 2.00 bits per heavy atom. The summed E-state index contributed by atoms with van der Waals surface area (Å²) in [5, 5.41) is 1.32. The first kappa shape index (κ1) is 16.1. The van der Waals surface area contributed by atoms with Crippen LogP contribution in [0.4, 0.5) is 0 Å². The molecule has 5 heteroatoms. The van der Waals surface area contributed by atoms with Crippen molar-refractivity contribution in [3.8, 4) is 0 Å². The molecule has 2 aliphatic rings. The van der Waals surface area contributed by atoms with Crippen LogP contribution in [0.25, 0.3) is 0 Å². The fourth-order valence-corrected chi connectivity index (χ4v) is 3.99.